The van der Waals surface area contributed by atoms with Crippen LogP contribution in [0, 0.1) is 5.92 Å². The highest BCUT2D eigenvalue weighted by molar-refractivity contribution is 4.65. The minimum absolute atomic E-state index is 0.978. The maximum absolute atomic E-state index is 2.40. The first-order valence-electron chi connectivity index (χ1n) is 5.89. The molecule has 0 aromatic heterocycles. The lowest BCUT2D eigenvalue weighted by atomic mass is 10.00. The molecule has 1 nitrogen and oxygen atoms in total. The summed E-state index contributed by atoms with van der Waals surface area (Å²) < 4.78 is 0. The van der Waals surface area contributed by atoms with Crippen molar-refractivity contribution < 1.29 is 0 Å². The number of hydrogen-bond acceptors (Lipinski definition) is 1. The van der Waals surface area contributed by atoms with E-state index in [2.05, 4.69) is 32.7 Å². The largest absolute Gasteiger partial charge is 0.306 e. The highest BCUT2D eigenvalue weighted by Gasteiger charge is 2.10. The molecule has 0 aromatic rings. The van der Waals surface area contributed by atoms with Crippen LogP contribution in [-0.4, -0.2) is 25.0 Å². The second-order valence-electron chi connectivity index (χ2n) is 4.34. The van der Waals surface area contributed by atoms with E-state index in [0.717, 1.165) is 5.92 Å². The third-order valence-corrected chi connectivity index (χ3v) is 2.71. The molecule has 1 fully saturated rings. The number of unbranched alkanes of at least 4 members (excludes halogenated alkanes) is 2. The van der Waals surface area contributed by atoms with Crippen LogP contribution >= 0.6 is 0 Å². The molecule has 0 aliphatic carbocycles. The van der Waals surface area contributed by atoms with Gasteiger partial charge in [-0.2, -0.15) is 0 Å². The summed E-state index contributed by atoms with van der Waals surface area (Å²) in [6.45, 7) is 9.38. The Labute approximate surface area is 84.5 Å². The van der Waals surface area contributed by atoms with E-state index in [0.29, 0.717) is 0 Å². The Morgan fingerprint density at radius 2 is 1.54 bits per heavy atom. The van der Waals surface area contributed by atoms with Crippen molar-refractivity contribution >= 4 is 0 Å². The molecule has 0 amide bonds. The SMILES string of the molecule is CC1CCN(C)CC1.CCCCC. The smallest absolute Gasteiger partial charge is 0.00192 e. The molecule has 0 unspecified atom stereocenters. The van der Waals surface area contributed by atoms with Crippen LogP contribution in [0.15, 0.2) is 0 Å². The average Bonchev–Trinajstić information content (AvgIpc) is 2.13. The molecule has 80 valence electrons. The number of likely N-dealkylation sites (tertiary alicyclic amines) is 1. The van der Waals surface area contributed by atoms with Crippen LogP contribution in [0.1, 0.15) is 52.9 Å². The van der Waals surface area contributed by atoms with Gasteiger partial charge in [-0.25, -0.2) is 0 Å². The van der Waals surface area contributed by atoms with E-state index < -0.39 is 0 Å². The van der Waals surface area contributed by atoms with Gasteiger partial charge in [-0.1, -0.05) is 40.0 Å². The summed E-state index contributed by atoms with van der Waals surface area (Å²) in [5, 5.41) is 0. The fourth-order valence-electron chi connectivity index (χ4n) is 1.49. The maximum atomic E-state index is 2.40. The quantitative estimate of drug-likeness (QED) is 0.636. The third kappa shape index (κ3) is 8.29. The normalized spacial score (nSPS) is 19.4. The van der Waals surface area contributed by atoms with Crippen molar-refractivity contribution in [1.82, 2.24) is 4.90 Å². The first kappa shape index (κ1) is 13.0. The van der Waals surface area contributed by atoms with Crippen LogP contribution in [-0.2, 0) is 0 Å². The van der Waals surface area contributed by atoms with Crippen molar-refractivity contribution in [1.29, 1.82) is 0 Å². The second-order valence-corrected chi connectivity index (χ2v) is 4.34. The van der Waals surface area contributed by atoms with Gasteiger partial charge >= 0.3 is 0 Å². The van der Waals surface area contributed by atoms with Gasteiger partial charge in [-0.15, -0.1) is 0 Å². The standard InChI is InChI=1S/C7H15N.C5H12/c1-7-3-5-8(2)6-4-7;1-3-5-4-2/h7H,3-6H2,1-2H3;3-5H2,1-2H3. The molecule has 1 heterocycles. The van der Waals surface area contributed by atoms with Crippen molar-refractivity contribution in [3.63, 3.8) is 0 Å². The Balaban J connectivity index is 0.000000252. The summed E-state index contributed by atoms with van der Waals surface area (Å²) >= 11 is 0. The van der Waals surface area contributed by atoms with Gasteiger partial charge in [0.25, 0.3) is 0 Å². The number of piperidine rings is 1. The zero-order chi connectivity index (χ0) is 10.1. The van der Waals surface area contributed by atoms with Gasteiger partial charge in [0, 0.05) is 0 Å². The molecule has 1 aliphatic heterocycles. The van der Waals surface area contributed by atoms with E-state index >= 15 is 0 Å². The van der Waals surface area contributed by atoms with Crippen LogP contribution in [0.4, 0.5) is 0 Å². The molecule has 0 N–H and O–H groups in total. The molecular weight excluding hydrogens is 158 g/mol. The van der Waals surface area contributed by atoms with E-state index in [1.807, 2.05) is 0 Å². The Morgan fingerprint density at radius 3 is 1.77 bits per heavy atom. The fraction of sp³-hybridized carbons (Fsp3) is 1.00. The first-order chi connectivity index (χ1) is 6.20. The summed E-state index contributed by atoms with van der Waals surface area (Å²) in [6.07, 6.45) is 6.88. The lowest BCUT2D eigenvalue weighted by Gasteiger charge is -2.26. The van der Waals surface area contributed by atoms with Crippen LogP contribution in [0.25, 0.3) is 0 Å². The van der Waals surface area contributed by atoms with Gasteiger partial charge in [-0.05, 0) is 38.9 Å². The highest BCUT2D eigenvalue weighted by atomic mass is 15.1. The van der Waals surface area contributed by atoms with Gasteiger partial charge in [-0.3, -0.25) is 0 Å². The molecule has 0 aromatic carbocycles. The lowest BCUT2D eigenvalue weighted by molar-refractivity contribution is 0.230. The van der Waals surface area contributed by atoms with Gasteiger partial charge in [0.15, 0.2) is 0 Å². The van der Waals surface area contributed by atoms with E-state index in [1.54, 1.807) is 0 Å². The molecular formula is C12H27N. The van der Waals surface area contributed by atoms with Crippen LogP contribution in [0.3, 0.4) is 0 Å². The molecule has 0 saturated carbocycles. The number of hydrogen-bond donors (Lipinski definition) is 0. The topological polar surface area (TPSA) is 3.24 Å². The zero-order valence-electron chi connectivity index (χ0n) is 9.97. The van der Waals surface area contributed by atoms with Crippen LogP contribution in [0.5, 0.6) is 0 Å². The molecule has 1 heteroatoms. The zero-order valence-corrected chi connectivity index (χ0v) is 9.97. The molecule has 1 saturated heterocycles. The minimum atomic E-state index is 0.978. The minimum Gasteiger partial charge on any atom is -0.306 e. The van der Waals surface area contributed by atoms with Crippen LogP contribution in [0.2, 0.25) is 0 Å². The second kappa shape index (κ2) is 8.55. The summed E-state index contributed by atoms with van der Waals surface area (Å²) in [5.74, 6) is 0.978. The van der Waals surface area contributed by atoms with E-state index in [-0.39, 0.29) is 0 Å². The predicted octanol–water partition coefficient (Wildman–Crippen LogP) is 3.54. The van der Waals surface area contributed by atoms with Crippen molar-refractivity contribution in [3.8, 4) is 0 Å². The Bertz CT molecular complexity index is 81.3. The average molecular weight is 185 g/mol. The fourth-order valence-corrected chi connectivity index (χ4v) is 1.49. The molecule has 0 radical (unpaired) electrons. The maximum Gasteiger partial charge on any atom is -0.00192 e. The highest BCUT2D eigenvalue weighted by Crippen LogP contribution is 2.13. The summed E-state index contributed by atoms with van der Waals surface area (Å²) in [5.41, 5.74) is 0. The molecule has 0 bridgehead atoms. The van der Waals surface area contributed by atoms with Gasteiger partial charge in [0.1, 0.15) is 0 Å². The number of rotatable bonds is 2. The monoisotopic (exact) mass is 185 g/mol. The van der Waals surface area contributed by atoms with Gasteiger partial charge in [0.2, 0.25) is 0 Å². The predicted molar refractivity (Wildman–Crippen MR) is 61.1 cm³/mol. The van der Waals surface area contributed by atoms with Crippen LogP contribution < -0.4 is 0 Å². The third-order valence-electron chi connectivity index (χ3n) is 2.71. The van der Waals surface area contributed by atoms with Crippen molar-refractivity contribution in [2.24, 2.45) is 5.92 Å². The van der Waals surface area contributed by atoms with Crippen molar-refractivity contribution in [3.05, 3.63) is 0 Å². The summed E-state index contributed by atoms with van der Waals surface area (Å²) in [7, 11) is 2.20. The molecule has 1 aliphatic rings. The number of nitrogens with zero attached hydrogens (tertiary/aromatic N) is 1. The molecule has 0 spiro atoms. The molecule has 0 atom stereocenters. The van der Waals surface area contributed by atoms with E-state index in [9.17, 15) is 0 Å². The lowest BCUT2D eigenvalue weighted by Crippen LogP contribution is -2.28. The van der Waals surface area contributed by atoms with Gasteiger partial charge in [0.05, 0.1) is 0 Å². The van der Waals surface area contributed by atoms with Crippen molar-refractivity contribution in [2.75, 3.05) is 20.1 Å². The molecule has 13 heavy (non-hydrogen) atoms. The van der Waals surface area contributed by atoms with E-state index in [4.69, 9.17) is 0 Å². The first-order valence-corrected chi connectivity index (χ1v) is 5.89. The van der Waals surface area contributed by atoms with Gasteiger partial charge < -0.3 is 4.90 Å². The Kier molecular flexibility index (Phi) is 8.53. The van der Waals surface area contributed by atoms with E-state index in [1.165, 1.54) is 45.2 Å². The summed E-state index contributed by atoms with van der Waals surface area (Å²) in [6, 6.07) is 0. The Morgan fingerprint density at radius 1 is 1.08 bits per heavy atom. The van der Waals surface area contributed by atoms with Crippen molar-refractivity contribution in [2.45, 2.75) is 52.9 Å². The Hall–Kier alpha value is -0.0400. The molecule has 1 rings (SSSR count). The summed E-state index contributed by atoms with van der Waals surface area (Å²) in [4.78, 5) is 2.40.